The minimum absolute atomic E-state index is 0.211. The van der Waals surface area contributed by atoms with E-state index in [4.69, 9.17) is 16.6 Å². The third-order valence-electron chi connectivity index (χ3n) is 12.4. The number of aromatic amines is 1. The van der Waals surface area contributed by atoms with Gasteiger partial charge < -0.3 is 24.3 Å². The van der Waals surface area contributed by atoms with Crippen LogP contribution in [-0.4, -0.2) is 83.7 Å². The number of pyridine rings is 1. The van der Waals surface area contributed by atoms with Crippen LogP contribution in [0.3, 0.4) is 0 Å². The van der Waals surface area contributed by atoms with Gasteiger partial charge in [-0.3, -0.25) is 20.0 Å². The Morgan fingerprint density at radius 3 is 2.52 bits per heavy atom. The van der Waals surface area contributed by atoms with Crippen LogP contribution >= 0.6 is 11.6 Å². The molecule has 54 heavy (non-hydrogen) atoms. The zero-order chi connectivity index (χ0) is 36.8. The Labute approximate surface area is 320 Å². The number of rotatable bonds is 7. The quantitative estimate of drug-likeness (QED) is 0.178. The number of H-pyrrole nitrogens is 1. The summed E-state index contributed by atoms with van der Waals surface area (Å²) >= 11 is 6.49. The van der Waals surface area contributed by atoms with E-state index >= 15 is 0 Å². The average Bonchev–Trinajstić information content (AvgIpc) is 3.85. The Morgan fingerprint density at radius 1 is 0.889 bits per heavy atom. The van der Waals surface area contributed by atoms with E-state index in [1.807, 2.05) is 18.2 Å². The van der Waals surface area contributed by atoms with E-state index < -0.39 is 0 Å². The molecule has 1 atom stereocenters. The number of hydrogen-bond donors (Lipinski definition) is 2. The van der Waals surface area contributed by atoms with Crippen molar-refractivity contribution >= 4 is 62.4 Å². The lowest BCUT2D eigenvalue weighted by atomic mass is 9.93. The molecule has 0 spiro atoms. The van der Waals surface area contributed by atoms with Crippen LogP contribution < -0.4 is 20.0 Å². The second-order valence-electron chi connectivity index (χ2n) is 15.5. The second kappa shape index (κ2) is 14.6. The fourth-order valence-corrected chi connectivity index (χ4v) is 9.71. The molecule has 4 aliphatic heterocycles. The third kappa shape index (κ3) is 6.56. The number of benzene rings is 2. The number of nitrogens with one attached hydrogen (secondary N) is 2. The van der Waals surface area contributed by atoms with E-state index in [1.54, 1.807) is 11.1 Å². The summed E-state index contributed by atoms with van der Waals surface area (Å²) in [5, 5.41) is 14.5. The molecule has 0 aliphatic carbocycles. The lowest BCUT2D eigenvalue weighted by molar-refractivity contribution is -0.120. The average molecular weight is 744 g/mol. The fraction of sp³-hybridized carbons (Fsp3) is 0.429. The highest BCUT2D eigenvalue weighted by molar-refractivity contribution is 6.36. The van der Waals surface area contributed by atoms with Crippen molar-refractivity contribution in [1.82, 2.24) is 24.8 Å². The largest absolute Gasteiger partial charge is 0.370 e. The standard InChI is InChI=1S/C42H46ClN9O2/c43-34-7-9-38(41-40(34)30(23-44)24-46-41)50-16-2-3-29(27-50)35-8-6-32(25-45-35)49-19-10-28(11-20-49)26-48-17-12-31(13-18-48)51-21-14-33-36(51)4-1-5-37(33)52-22-15-39(53)47-42(52)54/h1,4-9,14,21,24-25,28-29,31,46H,2-3,10-13,15-20,22,26-27H2,(H,47,53,54)/t29-/m1/s1. The number of imide groups is 1. The van der Waals surface area contributed by atoms with Gasteiger partial charge in [-0.1, -0.05) is 17.7 Å². The van der Waals surface area contributed by atoms with Crippen molar-refractivity contribution in [3.63, 3.8) is 0 Å². The summed E-state index contributed by atoms with van der Waals surface area (Å²) in [4.78, 5) is 41.9. The summed E-state index contributed by atoms with van der Waals surface area (Å²) in [5.74, 6) is 0.847. The molecule has 5 aromatic rings. The monoisotopic (exact) mass is 743 g/mol. The topological polar surface area (TPSA) is 117 Å². The van der Waals surface area contributed by atoms with Gasteiger partial charge in [-0.2, -0.15) is 5.26 Å². The number of carbonyl (C=O) groups is 2. The van der Waals surface area contributed by atoms with Crippen LogP contribution in [-0.2, 0) is 4.79 Å². The molecule has 278 valence electrons. The van der Waals surface area contributed by atoms with Gasteiger partial charge in [0, 0.05) is 99.6 Å². The Hall–Kier alpha value is -5.05. The van der Waals surface area contributed by atoms with E-state index in [0.29, 0.717) is 41.4 Å². The van der Waals surface area contributed by atoms with Gasteiger partial charge in [0.05, 0.1) is 44.9 Å². The van der Waals surface area contributed by atoms with Gasteiger partial charge in [0.2, 0.25) is 5.91 Å². The molecule has 2 N–H and O–H groups in total. The van der Waals surface area contributed by atoms with E-state index in [1.165, 1.54) is 18.5 Å². The summed E-state index contributed by atoms with van der Waals surface area (Å²) in [6.07, 6.45) is 13.2. The van der Waals surface area contributed by atoms with Crippen molar-refractivity contribution in [3.05, 3.63) is 83.4 Å². The number of anilines is 3. The molecule has 3 aromatic heterocycles. The second-order valence-corrected chi connectivity index (χ2v) is 15.9. The van der Waals surface area contributed by atoms with Crippen molar-refractivity contribution in [3.8, 4) is 6.07 Å². The first kappa shape index (κ1) is 34.7. The van der Waals surface area contributed by atoms with E-state index in [9.17, 15) is 14.9 Å². The molecular weight excluding hydrogens is 698 g/mol. The summed E-state index contributed by atoms with van der Waals surface area (Å²) < 4.78 is 2.40. The van der Waals surface area contributed by atoms with Gasteiger partial charge in [-0.15, -0.1) is 0 Å². The molecule has 0 saturated carbocycles. The van der Waals surface area contributed by atoms with E-state index in [2.05, 4.69) is 78.4 Å². The van der Waals surface area contributed by atoms with Gasteiger partial charge in [0.1, 0.15) is 6.07 Å². The van der Waals surface area contributed by atoms with Crippen LogP contribution in [0.4, 0.5) is 21.9 Å². The predicted octanol–water partition coefficient (Wildman–Crippen LogP) is 7.43. The van der Waals surface area contributed by atoms with Crippen LogP contribution in [0.25, 0.3) is 21.8 Å². The fourth-order valence-electron chi connectivity index (χ4n) is 9.45. The molecule has 0 unspecified atom stereocenters. The number of halogens is 1. The first-order valence-electron chi connectivity index (χ1n) is 19.5. The molecule has 2 aromatic carbocycles. The number of aromatic nitrogens is 3. The van der Waals surface area contributed by atoms with E-state index in [-0.39, 0.29) is 11.9 Å². The highest BCUT2D eigenvalue weighted by atomic mass is 35.5. The van der Waals surface area contributed by atoms with Crippen LogP contribution in [0.1, 0.15) is 68.2 Å². The van der Waals surface area contributed by atoms with Crippen molar-refractivity contribution < 1.29 is 9.59 Å². The molecule has 4 saturated heterocycles. The SMILES string of the molecule is N#Cc1c[nH]c2c(N3CCC[C@@H](c4ccc(N5CCC(CN6CCC(n7ccc8c(N9CCC(=O)NC9=O)cccc87)CC6)CC5)cn4)C3)ccc(Cl)c12. The Balaban J connectivity index is 0.766. The zero-order valence-electron chi connectivity index (χ0n) is 30.5. The summed E-state index contributed by atoms with van der Waals surface area (Å²) in [7, 11) is 0. The molecule has 9 rings (SSSR count). The van der Waals surface area contributed by atoms with Crippen LogP contribution in [0.2, 0.25) is 5.02 Å². The first-order chi connectivity index (χ1) is 26.4. The van der Waals surface area contributed by atoms with Gasteiger partial charge in [-0.25, -0.2) is 4.79 Å². The van der Waals surface area contributed by atoms with Crippen LogP contribution in [0.15, 0.2) is 67.1 Å². The number of urea groups is 1. The lowest BCUT2D eigenvalue weighted by Crippen LogP contribution is -2.49. The number of hydrogen-bond acceptors (Lipinski definition) is 7. The summed E-state index contributed by atoms with van der Waals surface area (Å²) in [6, 6.07) is 19.1. The lowest BCUT2D eigenvalue weighted by Gasteiger charge is -2.39. The van der Waals surface area contributed by atoms with Crippen molar-refractivity contribution in [2.24, 2.45) is 5.92 Å². The predicted molar refractivity (Wildman–Crippen MR) is 214 cm³/mol. The smallest absolute Gasteiger partial charge is 0.328 e. The normalized spacial score (nSPS) is 20.9. The maximum atomic E-state index is 12.6. The number of likely N-dealkylation sites (tertiary alicyclic amines) is 1. The summed E-state index contributed by atoms with van der Waals surface area (Å²) in [6.45, 7) is 7.75. The van der Waals surface area contributed by atoms with Crippen LogP contribution in [0, 0.1) is 17.2 Å². The maximum absolute atomic E-state index is 12.6. The minimum Gasteiger partial charge on any atom is -0.370 e. The van der Waals surface area contributed by atoms with E-state index in [0.717, 1.165) is 110 Å². The molecular formula is C42H46ClN9O2. The van der Waals surface area contributed by atoms with Crippen molar-refractivity contribution in [2.45, 2.75) is 56.9 Å². The Kier molecular flexibility index (Phi) is 9.41. The molecule has 4 aliphatic rings. The van der Waals surface area contributed by atoms with Gasteiger partial charge in [0.15, 0.2) is 0 Å². The van der Waals surface area contributed by atoms with Gasteiger partial charge in [-0.05, 0) is 86.9 Å². The molecule has 4 fully saturated rings. The van der Waals surface area contributed by atoms with Crippen molar-refractivity contribution in [1.29, 1.82) is 5.26 Å². The maximum Gasteiger partial charge on any atom is 0.328 e. The molecule has 7 heterocycles. The number of fused-ring (bicyclic) bond motifs is 2. The number of amides is 3. The van der Waals surface area contributed by atoms with Gasteiger partial charge in [0.25, 0.3) is 0 Å². The number of piperidine rings is 3. The first-order valence-corrected chi connectivity index (χ1v) is 19.9. The minimum atomic E-state index is -0.338. The molecule has 0 bridgehead atoms. The Morgan fingerprint density at radius 2 is 1.74 bits per heavy atom. The molecule has 11 nitrogen and oxygen atoms in total. The van der Waals surface area contributed by atoms with Crippen molar-refractivity contribution in [2.75, 3.05) is 67.1 Å². The molecule has 12 heteroatoms. The summed E-state index contributed by atoms with van der Waals surface area (Å²) in [5.41, 5.74) is 7.00. The molecule has 0 radical (unpaired) electrons. The number of nitriles is 1. The zero-order valence-corrected chi connectivity index (χ0v) is 31.3. The third-order valence-corrected chi connectivity index (χ3v) is 12.7. The van der Waals surface area contributed by atoms with Gasteiger partial charge >= 0.3 is 6.03 Å². The number of carbonyl (C=O) groups excluding carboxylic acids is 2. The molecule has 3 amide bonds. The Bertz CT molecular complexity index is 2220. The van der Waals surface area contributed by atoms with Crippen LogP contribution in [0.5, 0.6) is 0 Å². The highest BCUT2D eigenvalue weighted by Crippen LogP contribution is 2.38. The number of nitrogens with zero attached hydrogens (tertiary/aromatic N) is 7. The highest BCUT2D eigenvalue weighted by Gasteiger charge is 2.30.